The molecule has 0 unspecified atom stereocenters. The van der Waals surface area contributed by atoms with Gasteiger partial charge in [0.25, 0.3) is 5.91 Å². The third-order valence-electron chi connectivity index (χ3n) is 6.44. The topological polar surface area (TPSA) is 53.0 Å². The lowest BCUT2D eigenvalue weighted by Crippen LogP contribution is -2.44. The summed E-state index contributed by atoms with van der Waals surface area (Å²) < 4.78 is 6.59. The second kappa shape index (κ2) is 9.34. The van der Waals surface area contributed by atoms with Crippen LogP contribution in [-0.2, 0) is 10.3 Å². The van der Waals surface area contributed by atoms with Crippen molar-refractivity contribution in [3.63, 3.8) is 0 Å². The van der Waals surface area contributed by atoms with Gasteiger partial charge in [0, 0.05) is 23.7 Å². The number of nitrogens with zero attached hydrogens (tertiary/aromatic N) is 2. The van der Waals surface area contributed by atoms with Crippen LogP contribution >= 0.6 is 0 Å². The van der Waals surface area contributed by atoms with E-state index in [2.05, 4.69) is 24.0 Å². The molecule has 1 heterocycles. The minimum absolute atomic E-state index is 0.0310. The van der Waals surface area contributed by atoms with Gasteiger partial charge in [0.2, 0.25) is 0 Å². The van der Waals surface area contributed by atoms with Gasteiger partial charge in [-0.3, -0.25) is 9.69 Å². The third-order valence-corrected chi connectivity index (χ3v) is 6.44. The van der Waals surface area contributed by atoms with Crippen molar-refractivity contribution in [2.75, 3.05) is 7.05 Å². The fourth-order valence-corrected chi connectivity index (χ4v) is 4.79. The third kappa shape index (κ3) is 4.61. The van der Waals surface area contributed by atoms with Crippen LogP contribution in [-0.4, -0.2) is 46.0 Å². The molecule has 1 N–H and O–H groups in total. The molecule has 0 spiro atoms. The number of likely N-dealkylation sites (N-methyl/N-ethyl adjacent to an activating group) is 1. The molecule has 5 nitrogen and oxygen atoms in total. The van der Waals surface area contributed by atoms with Gasteiger partial charge in [-0.1, -0.05) is 48.5 Å². The molecule has 0 saturated carbocycles. The van der Waals surface area contributed by atoms with Gasteiger partial charge in [0.15, 0.2) is 0 Å². The van der Waals surface area contributed by atoms with E-state index in [1.807, 2.05) is 76.0 Å². The predicted molar refractivity (Wildman–Crippen MR) is 128 cm³/mol. The Bertz CT molecular complexity index is 926. The van der Waals surface area contributed by atoms with Crippen molar-refractivity contribution in [2.24, 2.45) is 0 Å². The van der Waals surface area contributed by atoms with Gasteiger partial charge in [-0.15, -0.1) is 0 Å². The molecule has 0 radical (unpaired) electrons. The van der Waals surface area contributed by atoms with E-state index in [1.54, 1.807) is 13.8 Å². The van der Waals surface area contributed by atoms with Gasteiger partial charge in [0.1, 0.15) is 12.3 Å². The molecule has 1 fully saturated rings. The van der Waals surface area contributed by atoms with Crippen LogP contribution in [0.15, 0.2) is 48.5 Å². The highest BCUT2D eigenvalue weighted by molar-refractivity contribution is 5.98. The average Bonchev–Trinajstić information content (AvgIpc) is 3.01. The molecule has 0 aromatic heterocycles. The number of carbonyl (C=O) groups is 1. The Hall–Kier alpha value is -2.21. The Labute approximate surface area is 193 Å². The summed E-state index contributed by atoms with van der Waals surface area (Å²) in [4.78, 5) is 18.0. The van der Waals surface area contributed by atoms with E-state index in [-0.39, 0.29) is 30.1 Å². The van der Waals surface area contributed by atoms with Crippen LogP contribution in [0.5, 0.6) is 0 Å². The molecule has 3 atom stereocenters. The Morgan fingerprint density at radius 2 is 1.62 bits per heavy atom. The molecule has 2 aromatic rings. The molecule has 1 aliphatic rings. The summed E-state index contributed by atoms with van der Waals surface area (Å²) in [6.45, 7) is 13.7. The summed E-state index contributed by atoms with van der Waals surface area (Å²) in [7, 11) is 2.03. The van der Waals surface area contributed by atoms with E-state index in [0.29, 0.717) is 11.1 Å². The van der Waals surface area contributed by atoms with E-state index >= 15 is 0 Å². The van der Waals surface area contributed by atoms with Gasteiger partial charge >= 0.3 is 0 Å². The molecule has 5 heteroatoms. The van der Waals surface area contributed by atoms with Crippen molar-refractivity contribution < 1.29 is 14.6 Å². The van der Waals surface area contributed by atoms with Crippen LogP contribution in [0.25, 0.3) is 0 Å². The lowest BCUT2D eigenvalue weighted by molar-refractivity contribution is 0.00392. The van der Waals surface area contributed by atoms with Crippen LogP contribution in [0.3, 0.4) is 0 Å². The number of hydrogen-bond donors (Lipinski definition) is 1. The van der Waals surface area contributed by atoms with E-state index in [0.717, 1.165) is 11.1 Å². The van der Waals surface area contributed by atoms with Gasteiger partial charge in [-0.2, -0.15) is 0 Å². The molecule has 1 amide bonds. The van der Waals surface area contributed by atoms with Crippen LogP contribution in [0.1, 0.15) is 87.8 Å². The van der Waals surface area contributed by atoms with Crippen LogP contribution in [0.2, 0.25) is 0 Å². The maximum absolute atomic E-state index is 14.0. The van der Waals surface area contributed by atoms with E-state index in [4.69, 9.17) is 4.74 Å². The summed E-state index contributed by atoms with van der Waals surface area (Å²) in [5, 5.41) is 11.0. The maximum Gasteiger partial charge on any atom is 0.255 e. The van der Waals surface area contributed by atoms with Crippen LogP contribution < -0.4 is 0 Å². The molecule has 2 aromatic carbocycles. The smallest absolute Gasteiger partial charge is 0.255 e. The van der Waals surface area contributed by atoms with E-state index in [9.17, 15) is 9.90 Å². The van der Waals surface area contributed by atoms with Crippen molar-refractivity contribution in [3.8, 4) is 0 Å². The number of hydrogen-bond acceptors (Lipinski definition) is 4. The number of amides is 1. The molecular formula is C27H38N2O3. The SMILES string of the molecule is CC(C)N(C(=O)c1c([C@@H]2O[C@H](c3ccccc3)[C@H](C)N2C)cccc1C(C)(C)O)C(C)C. The first-order chi connectivity index (χ1) is 14.9. The zero-order chi connectivity index (χ0) is 23.8. The molecular weight excluding hydrogens is 400 g/mol. The van der Waals surface area contributed by atoms with Gasteiger partial charge in [-0.25, -0.2) is 0 Å². The number of benzene rings is 2. The fourth-order valence-electron chi connectivity index (χ4n) is 4.79. The minimum Gasteiger partial charge on any atom is -0.386 e. The standard InChI is InChI=1S/C27H38N2O3/c1-17(2)29(18(3)4)25(30)23-21(15-12-16-22(23)27(6,7)31)26-28(8)19(5)24(32-26)20-13-10-9-11-14-20/h9-19,24,26,31H,1-8H3/t19-,24-,26-/m0/s1. The normalized spacial score (nSPS) is 22.0. The predicted octanol–water partition coefficient (Wildman–Crippen LogP) is 5.26. The zero-order valence-electron chi connectivity index (χ0n) is 20.7. The lowest BCUT2D eigenvalue weighted by Gasteiger charge is -2.35. The maximum atomic E-state index is 14.0. The summed E-state index contributed by atoms with van der Waals surface area (Å²) in [6, 6.07) is 16.1. The number of ether oxygens (including phenoxy) is 1. The van der Waals surface area contributed by atoms with E-state index < -0.39 is 11.8 Å². The molecule has 3 rings (SSSR count). The summed E-state index contributed by atoms with van der Waals surface area (Å²) in [6.07, 6.45) is -0.496. The highest BCUT2D eigenvalue weighted by atomic mass is 16.5. The first-order valence-corrected chi connectivity index (χ1v) is 11.6. The van der Waals surface area contributed by atoms with Gasteiger partial charge in [-0.05, 0) is 66.6 Å². The monoisotopic (exact) mass is 438 g/mol. The Kier molecular flexibility index (Phi) is 7.13. The highest BCUT2D eigenvalue weighted by Crippen LogP contribution is 2.43. The molecule has 0 aliphatic carbocycles. The number of rotatable bonds is 6. The van der Waals surface area contributed by atoms with E-state index in [1.165, 1.54) is 0 Å². The minimum atomic E-state index is -1.16. The van der Waals surface area contributed by atoms with Crippen molar-refractivity contribution in [3.05, 3.63) is 70.8 Å². The first kappa shape index (κ1) is 24.4. The molecule has 174 valence electrons. The molecule has 32 heavy (non-hydrogen) atoms. The summed E-state index contributed by atoms with van der Waals surface area (Å²) in [5.74, 6) is -0.0736. The summed E-state index contributed by atoms with van der Waals surface area (Å²) >= 11 is 0. The number of aliphatic hydroxyl groups is 1. The van der Waals surface area contributed by atoms with Crippen LogP contribution in [0, 0.1) is 0 Å². The second-order valence-electron chi connectivity index (χ2n) is 9.95. The Morgan fingerprint density at radius 3 is 2.16 bits per heavy atom. The summed E-state index contributed by atoms with van der Waals surface area (Å²) in [5.41, 5.74) is 1.92. The molecule has 0 bridgehead atoms. The zero-order valence-corrected chi connectivity index (χ0v) is 20.7. The first-order valence-electron chi connectivity index (χ1n) is 11.6. The number of carbonyl (C=O) groups excluding carboxylic acids is 1. The quantitative estimate of drug-likeness (QED) is 0.668. The van der Waals surface area contributed by atoms with Crippen molar-refractivity contribution in [1.82, 2.24) is 9.80 Å². The Morgan fingerprint density at radius 1 is 1.03 bits per heavy atom. The Balaban J connectivity index is 2.14. The van der Waals surface area contributed by atoms with Crippen molar-refractivity contribution in [2.45, 2.75) is 84.5 Å². The van der Waals surface area contributed by atoms with Gasteiger partial charge < -0.3 is 14.7 Å². The largest absolute Gasteiger partial charge is 0.386 e. The van der Waals surface area contributed by atoms with Crippen molar-refractivity contribution >= 4 is 5.91 Å². The van der Waals surface area contributed by atoms with Crippen LogP contribution in [0.4, 0.5) is 0 Å². The second-order valence-corrected chi connectivity index (χ2v) is 9.95. The average molecular weight is 439 g/mol. The lowest BCUT2D eigenvalue weighted by atomic mass is 9.88. The van der Waals surface area contributed by atoms with Gasteiger partial charge in [0.05, 0.1) is 11.2 Å². The molecule has 1 saturated heterocycles. The fraction of sp³-hybridized carbons (Fsp3) is 0.519. The van der Waals surface area contributed by atoms with Crippen molar-refractivity contribution in [1.29, 1.82) is 0 Å². The highest BCUT2D eigenvalue weighted by Gasteiger charge is 2.42. The molecule has 1 aliphatic heterocycles.